The van der Waals surface area contributed by atoms with Crippen molar-refractivity contribution in [2.45, 2.75) is 26.3 Å². The molecule has 3 amide bonds. The third-order valence-corrected chi connectivity index (χ3v) is 7.16. The molecule has 0 aliphatic carbocycles. The molecule has 9 heteroatoms. The number of halogens is 1. The molecule has 2 aromatic rings. The first-order valence-electron chi connectivity index (χ1n) is 12.6. The van der Waals surface area contributed by atoms with Gasteiger partial charge in [-0.15, -0.1) is 0 Å². The van der Waals surface area contributed by atoms with Crippen molar-refractivity contribution in [2.24, 2.45) is 0 Å². The number of nitrogens with one attached hydrogen (secondary N) is 1. The molecule has 0 aromatic heterocycles. The van der Waals surface area contributed by atoms with Gasteiger partial charge in [0.25, 0.3) is 5.91 Å². The highest BCUT2D eigenvalue weighted by atomic mass is 35.5. The number of ether oxygens (including phenoxy) is 1. The summed E-state index contributed by atoms with van der Waals surface area (Å²) in [4.78, 5) is 44.8. The van der Waals surface area contributed by atoms with Gasteiger partial charge in [-0.2, -0.15) is 0 Å². The van der Waals surface area contributed by atoms with E-state index in [1.807, 2.05) is 36.1 Å². The van der Waals surface area contributed by atoms with Crippen LogP contribution in [0.25, 0.3) is 0 Å². The number of carbonyl (C=O) groups is 3. The van der Waals surface area contributed by atoms with E-state index in [1.54, 1.807) is 38.2 Å². The van der Waals surface area contributed by atoms with Crippen LogP contribution in [0, 0.1) is 6.92 Å². The summed E-state index contributed by atoms with van der Waals surface area (Å²) in [6, 6.07) is 13.8. The van der Waals surface area contributed by atoms with Gasteiger partial charge in [0.05, 0.1) is 18.2 Å². The number of urea groups is 1. The van der Waals surface area contributed by atoms with Gasteiger partial charge in [0, 0.05) is 56.1 Å². The summed E-state index contributed by atoms with van der Waals surface area (Å²) in [7, 11) is 1.67. The first kappa shape index (κ1) is 26.7. The average molecular weight is 525 g/mol. The number of carbonyl (C=O) groups excluding carboxylic acids is 3. The minimum atomic E-state index is -0.603. The number of benzene rings is 2. The maximum absolute atomic E-state index is 13.2. The highest BCUT2D eigenvalue weighted by molar-refractivity contribution is 6.30. The molecule has 2 aromatic carbocycles. The third kappa shape index (κ3) is 5.97. The summed E-state index contributed by atoms with van der Waals surface area (Å²) in [5.41, 5.74) is 3.50. The summed E-state index contributed by atoms with van der Waals surface area (Å²) in [5.74, 6) is -0.467. The van der Waals surface area contributed by atoms with E-state index in [0.717, 1.165) is 24.1 Å². The van der Waals surface area contributed by atoms with E-state index in [4.69, 9.17) is 16.3 Å². The maximum atomic E-state index is 13.2. The molecule has 196 valence electrons. The van der Waals surface area contributed by atoms with Crippen molar-refractivity contribution < 1.29 is 19.1 Å². The van der Waals surface area contributed by atoms with Gasteiger partial charge in [0.1, 0.15) is 0 Å². The molecule has 0 spiro atoms. The van der Waals surface area contributed by atoms with Gasteiger partial charge < -0.3 is 15.0 Å². The number of nitrogens with zero attached hydrogens (tertiary/aromatic N) is 3. The van der Waals surface area contributed by atoms with E-state index >= 15 is 0 Å². The standard InChI is InChI=1S/C28H33ClN4O4/c1-4-37-27(35)24-23(31(3)28(36)30-25(24)22-9-6-5-8-19(22)2)18-32-14-7-15-33(17-16-32)26(34)20-10-12-21(29)13-11-20/h5-6,8-13,25H,4,7,14-18H2,1-3H3,(H,30,36)/t25-/m0/s1. The monoisotopic (exact) mass is 524 g/mol. The lowest BCUT2D eigenvalue weighted by atomic mass is 9.91. The van der Waals surface area contributed by atoms with Crippen LogP contribution in [-0.2, 0) is 9.53 Å². The summed E-state index contributed by atoms with van der Waals surface area (Å²) in [6.45, 7) is 6.88. The Balaban J connectivity index is 1.59. The second-order valence-corrected chi connectivity index (χ2v) is 9.74. The zero-order chi connectivity index (χ0) is 26.5. The number of esters is 1. The maximum Gasteiger partial charge on any atom is 0.338 e. The molecule has 1 saturated heterocycles. The van der Waals surface area contributed by atoms with Crippen LogP contribution in [0.5, 0.6) is 0 Å². The van der Waals surface area contributed by atoms with Crippen molar-refractivity contribution in [2.75, 3.05) is 46.4 Å². The molecule has 0 bridgehead atoms. The molecule has 1 N–H and O–H groups in total. The Bertz CT molecular complexity index is 1200. The Morgan fingerprint density at radius 2 is 1.78 bits per heavy atom. The summed E-state index contributed by atoms with van der Waals surface area (Å²) in [5, 5.41) is 3.58. The van der Waals surface area contributed by atoms with Gasteiger partial charge in [0.15, 0.2) is 0 Å². The number of hydrogen-bond donors (Lipinski definition) is 1. The molecule has 1 atom stereocenters. The first-order valence-corrected chi connectivity index (χ1v) is 12.9. The summed E-state index contributed by atoms with van der Waals surface area (Å²) < 4.78 is 5.45. The third-order valence-electron chi connectivity index (χ3n) is 6.91. The normalized spacial score (nSPS) is 18.9. The van der Waals surface area contributed by atoms with E-state index in [2.05, 4.69) is 10.2 Å². The van der Waals surface area contributed by atoms with Crippen LogP contribution in [0.2, 0.25) is 5.02 Å². The van der Waals surface area contributed by atoms with E-state index < -0.39 is 12.0 Å². The zero-order valence-corrected chi connectivity index (χ0v) is 22.3. The van der Waals surface area contributed by atoms with Crippen molar-refractivity contribution in [3.8, 4) is 0 Å². The van der Waals surface area contributed by atoms with Crippen LogP contribution >= 0.6 is 11.6 Å². The van der Waals surface area contributed by atoms with E-state index in [1.165, 1.54) is 4.90 Å². The van der Waals surface area contributed by atoms with Crippen molar-refractivity contribution in [3.63, 3.8) is 0 Å². The molecule has 8 nitrogen and oxygen atoms in total. The van der Waals surface area contributed by atoms with Crippen molar-refractivity contribution in [1.82, 2.24) is 20.0 Å². The molecule has 4 rings (SSSR count). The molecular weight excluding hydrogens is 492 g/mol. The molecule has 37 heavy (non-hydrogen) atoms. The van der Waals surface area contributed by atoms with E-state index in [9.17, 15) is 14.4 Å². The van der Waals surface area contributed by atoms with Gasteiger partial charge in [0.2, 0.25) is 0 Å². The quantitative estimate of drug-likeness (QED) is 0.577. The predicted molar refractivity (Wildman–Crippen MR) is 142 cm³/mol. The Morgan fingerprint density at radius 3 is 2.49 bits per heavy atom. The van der Waals surface area contributed by atoms with Crippen LogP contribution in [0.4, 0.5) is 4.79 Å². The number of rotatable bonds is 6. The van der Waals surface area contributed by atoms with Crippen LogP contribution in [0.15, 0.2) is 59.8 Å². The minimum absolute atomic E-state index is 0.0290. The Kier molecular flexibility index (Phi) is 8.51. The fourth-order valence-corrected chi connectivity index (χ4v) is 4.99. The highest BCUT2D eigenvalue weighted by Crippen LogP contribution is 2.33. The molecular formula is C28H33ClN4O4. The van der Waals surface area contributed by atoms with Gasteiger partial charge in [-0.3, -0.25) is 14.6 Å². The SMILES string of the molecule is CCOC(=O)C1=C(CN2CCCN(C(=O)c3ccc(Cl)cc3)CC2)N(C)C(=O)N[C@H]1c1ccccc1C. The molecule has 2 aliphatic rings. The number of aryl methyl sites for hydroxylation is 1. The Labute approximate surface area is 222 Å². The Morgan fingerprint density at radius 1 is 1.05 bits per heavy atom. The summed E-state index contributed by atoms with van der Waals surface area (Å²) in [6.07, 6.45) is 0.776. The van der Waals surface area contributed by atoms with Crippen LogP contribution < -0.4 is 5.32 Å². The number of amides is 3. The molecule has 2 heterocycles. The molecule has 0 saturated carbocycles. The second kappa shape index (κ2) is 11.8. The smallest absolute Gasteiger partial charge is 0.338 e. The van der Waals surface area contributed by atoms with Crippen molar-refractivity contribution >= 4 is 29.5 Å². The number of likely N-dealkylation sites (N-methyl/N-ethyl adjacent to an activating group) is 1. The van der Waals surface area contributed by atoms with Gasteiger partial charge in [-0.25, -0.2) is 9.59 Å². The molecule has 0 radical (unpaired) electrons. The molecule has 1 fully saturated rings. The first-order chi connectivity index (χ1) is 17.8. The lowest BCUT2D eigenvalue weighted by Crippen LogP contribution is -2.49. The lowest BCUT2D eigenvalue weighted by molar-refractivity contribution is -0.139. The van der Waals surface area contributed by atoms with E-state index in [-0.39, 0.29) is 18.5 Å². The average Bonchev–Trinajstić information content (AvgIpc) is 3.13. The van der Waals surface area contributed by atoms with Gasteiger partial charge in [-0.05, 0) is 55.7 Å². The van der Waals surface area contributed by atoms with Gasteiger partial charge in [-0.1, -0.05) is 35.9 Å². The largest absolute Gasteiger partial charge is 0.463 e. The van der Waals surface area contributed by atoms with Crippen molar-refractivity contribution in [3.05, 3.63) is 81.5 Å². The summed E-state index contributed by atoms with van der Waals surface area (Å²) >= 11 is 5.97. The topological polar surface area (TPSA) is 82.2 Å². The predicted octanol–water partition coefficient (Wildman–Crippen LogP) is 4.01. The molecule has 0 unspecified atom stereocenters. The minimum Gasteiger partial charge on any atom is -0.463 e. The zero-order valence-electron chi connectivity index (χ0n) is 21.5. The fourth-order valence-electron chi connectivity index (χ4n) is 4.86. The fraction of sp³-hybridized carbons (Fsp3) is 0.393. The van der Waals surface area contributed by atoms with Crippen LogP contribution in [0.3, 0.4) is 0 Å². The van der Waals surface area contributed by atoms with Crippen LogP contribution in [-0.4, -0.2) is 79.0 Å². The lowest BCUT2D eigenvalue weighted by Gasteiger charge is -2.37. The highest BCUT2D eigenvalue weighted by Gasteiger charge is 2.38. The Hall–Kier alpha value is -3.36. The van der Waals surface area contributed by atoms with Crippen molar-refractivity contribution in [1.29, 1.82) is 0 Å². The van der Waals surface area contributed by atoms with E-state index in [0.29, 0.717) is 48.0 Å². The molecule has 2 aliphatic heterocycles. The number of hydrogen-bond acceptors (Lipinski definition) is 5. The second-order valence-electron chi connectivity index (χ2n) is 9.31. The van der Waals surface area contributed by atoms with Gasteiger partial charge >= 0.3 is 12.0 Å². The van der Waals surface area contributed by atoms with Crippen LogP contribution in [0.1, 0.15) is 40.9 Å².